The predicted octanol–water partition coefficient (Wildman–Crippen LogP) is 24.6. The highest BCUT2D eigenvalue weighted by Crippen LogP contribution is 2.59. The smallest absolute Gasteiger partial charge is 0.0619 e. The molecule has 0 heteroatoms. The number of aryl methyl sites for hydroxylation is 4. The fourth-order valence-electron chi connectivity index (χ4n) is 16.8. The van der Waals surface area contributed by atoms with Gasteiger partial charge in [-0.25, -0.2) is 0 Å². The van der Waals surface area contributed by atoms with Gasteiger partial charge in [0.15, 0.2) is 0 Å². The van der Waals surface area contributed by atoms with Gasteiger partial charge in [-0.1, -0.05) is 338 Å². The van der Waals surface area contributed by atoms with Gasteiger partial charge in [-0.2, -0.15) is 0 Å². The lowest BCUT2D eigenvalue weighted by atomic mass is 9.67. The zero-order valence-electron chi connectivity index (χ0n) is 53.2. The van der Waals surface area contributed by atoms with Gasteiger partial charge in [-0.15, -0.1) is 0 Å². The predicted molar refractivity (Wildman–Crippen MR) is 397 cm³/mol. The molecule has 0 saturated carbocycles. The summed E-state index contributed by atoms with van der Waals surface area (Å²) in [4.78, 5) is 0. The van der Waals surface area contributed by atoms with E-state index in [0.29, 0.717) is 0 Å². The Hall–Kier alpha value is -11.4. The van der Waals surface area contributed by atoms with Gasteiger partial charge in [0, 0.05) is 0 Å². The van der Waals surface area contributed by atoms with Crippen LogP contribution in [0.15, 0.2) is 328 Å². The summed E-state index contributed by atoms with van der Waals surface area (Å²) in [5.41, 5.74) is 31.8. The Morgan fingerprint density at radius 3 is 0.681 bits per heavy atom. The van der Waals surface area contributed by atoms with Crippen molar-refractivity contribution in [2.24, 2.45) is 0 Å². The summed E-state index contributed by atoms with van der Waals surface area (Å²) >= 11 is 0. The molecule has 0 saturated heterocycles. The van der Waals surface area contributed by atoms with Gasteiger partial charge < -0.3 is 0 Å². The number of hydrogen-bond acceptors (Lipinski definition) is 0. The SMILES string of the molecule is Cc1ccc(C2(c3ccc(C)cc3)c3ccccc3-c3ccc(-c4ccc(-c5c6ccccc6c(-c6c7ccccc7c(-c7ccc(-c8ccc9c(c8)C(c8ccc(C)cc8)(c8ccc(C)cc8)c8ccccc8-9)cc7)c7ccccc67)c6ccccc56)cc4)cc32)cc1. The molecule has 0 fully saturated rings. The lowest BCUT2D eigenvalue weighted by molar-refractivity contribution is 0.768. The van der Waals surface area contributed by atoms with Crippen molar-refractivity contribution in [1.29, 1.82) is 0 Å². The summed E-state index contributed by atoms with van der Waals surface area (Å²) in [5.74, 6) is 0. The Labute approximate surface area is 550 Å². The second-order valence-electron chi connectivity index (χ2n) is 26.4. The van der Waals surface area contributed by atoms with E-state index in [1.165, 1.54) is 188 Å². The van der Waals surface area contributed by atoms with Gasteiger partial charge in [0.2, 0.25) is 0 Å². The largest absolute Gasteiger partial charge is 0.0713 e. The molecule has 0 aromatic heterocycles. The van der Waals surface area contributed by atoms with E-state index >= 15 is 0 Å². The molecule has 0 N–H and O–H groups in total. The quantitative estimate of drug-likeness (QED) is 0.126. The van der Waals surface area contributed by atoms with Gasteiger partial charge in [-0.3, -0.25) is 0 Å². The molecule has 18 rings (SSSR count). The second kappa shape index (κ2) is 21.6. The first-order chi connectivity index (χ1) is 46.2. The Morgan fingerprint density at radius 2 is 0.394 bits per heavy atom. The molecule has 0 aliphatic heterocycles. The molecule has 0 unspecified atom stereocenters. The number of rotatable bonds is 9. The van der Waals surface area contributed by atoms with Crippen LogP contribution in [0.5, 0.6) is 0 Å². The van der Waals surface area contributed by atoms with Crippen LogP contribution in [0.2, 0.25) is 0 Å². The summed E-state index contributed by atoms with van der Waals surface area (Å²) in [7, 11) is 0. The maximum absolute atomic E-state index is 2.48. The number of benzene rings is 16. The number of fused-ring (bicyclic) bond motifs is 10. The third-order valence-electron chi connectivity index (χ3n) is 21.2. The lowest BCUT2D eigenvalue weighted by Gasteiger charge is -2.34. The third-order valence-corrected chi connectivity index (χ3v) is 21.2. The van der Waals surface area contributed by atoms with E-state index in [9.17, 15) is 0 Å². The monoisotopic (exact) mass is 1190 g/mol. The highest BCUT2D eigenvalue weighted by atomic mass is 14.5. The van der Waals surface area contributed by atoms with E-state index in [1.54, 1.807) is 0 Å². The summed E-state index contributed by atoms with van der Waals surface area (Å²) in [6.07, 6.45) is 0. The van der Waals surface area contributed by atoms with E-state index in [0.717, 1.165) is 0 Å². The van der Waals surface area contributed by atoms with E-state index in [1.807, 2.05) is 0 Å². The van der Waals surface area contributed by atoms with Crippen molar-refractivity contribution in [3.63, 3.8) is 0 Å². The molecule has 16 aromatic rings. The zero-order valence-corrected chi connectivity index (χ0v) is 53.2. The maximum Gasteiger partial charge on any atom is 0.0713 e. The Bertz CT molecular complexity index is 5140. The van der Waals surface area contributed by atoms with Crippen molar-refractivity contribution in [2.45, 2.75) is 38.5 Å². The van der Waals surface area contributed by atoms with Crippen LogP contribution in [0.1, 0.15) is 66.8 Å². The van der Waals surface area contributed by atoms with Crippen molar-refractivity contribution in [3.05, 3.63) is 394 Å². The van der Waals surface area contributed by atoms with Gasteiger partial charge >= 0.3 is 0 Å². The first-order valence-electron chi connectivity index (χ1n) is 33.1. The summed E-state index contributed by atoms with van der Waals surface area (Å²) in [5, 5.41) is 9.89. The van der Waals surface area contributed by atoms with Crippen LogP contribution in [0.25, 0.3) is 121 Å². The van der Waals surface area contributed by atoms with Gasteiger partial charge in [0.25, 0.3) is 0 Å². The van der Waals surface area contributed by atoms with Crippen LogP contribution in [-0.4, -0.2) is 0 Å². The molecule has 0 amide bonds. The van der Waals surface area contributed by atoms with Gasteiger partial charge in [0.05, 0.1) is 10.8 Å². The third kappa shape index (κ3) is 8.25. The number of hydrogen-bond donors (Lipinski definition) is 0. The molecule has 2 aliphatic carbocycles. The van der Waals surface area contributed by atoms with Crippen LogP contribution >= 0.6 is 0 Å². The molecule has 0 nitrogen and oxygen atoms in total. The molecule has 94 heavy (non-hydrogen) atoms. The van der Waals surface area contributed by atoms with Crippen molar-refractivity contribution < 1.29 is 0 Å². The van der Waals surface area contributed by atoms with E-state index in [-0.39, 0.29) is 0 Å². The van der Waals surface area contributed by atoms with Crippen molar-refractivity contribution >= 4 is 43.1 Å². The average Bonchev–Trinajstić information content (AvgIpc) is 1.50. The molecule has 0 radical (unpaired) electrons. The van der Waals surface area contributed by atoms with E-state index in [2.05, 4.69) is 355 Å². The molecular weight excluding hydrogens is 1130 g/mol. The van der Waals surface area contributed by atoms with Crippen LogP contribution in [0.3, 0.4) is 0 Å². The lowest BCUT2D eigenvalue weighted by Crippen LogP contribution is -2.28. The van der Waals surface area contributed by atoms with Crippen LogP contribution in [0.4, 0.5) is 0 Å². The van der Waals surface area contributed by atoms with Crippen molar-refractivity contribution in [2.75, 3.05) is 0 Å². The van der Waals surface area contributed by atoms with Crippen LogP contribution in [-0.2, 0) is 10.8 Å². The molecule has 0 bridgehead atoms. The molecule has 2 aliphatic rings. The minimum atomic E-state index is -0.481. The minimum absolute atomic E-state index is 0.481. The summed E-state index contributed by atoms with van der Waals surface area (Å²) in [6.45, 7) is 8.72. The van der Waals surface area contributed by atoms with E-state index < -0.39 is 10.8 Å². The van der Waals surface area contributed by atoms with Crippen LogP contribution < -0.4 is 0 Å². The summed E-state index contributed by atoms with van der Waals surface area (Å²) in [6, 6.07) is 125. The second-order valence-corrected chi connectivity index (χ2v) is 26.4. The molecule has 442 valence electrons. The van der Waals surface area contributed by atoms with Crippen LogP contribution in [0, 0.1) is 27.7 Å². The molecule has 0 atom stereocenters. The highest BCUT2D eigenvalue weighted by Gasteiger charge is 2.48. The molecule has 16 aromatic carbocycles. The van der Waals surface area contributed by atoms with Gasteiger partial charge in [-0.05, 0) is 205 Å². The van der Waals surface area contributed by atoms with Crippen molar-refractivity contribution in [3.8, 4) is 77.9 Å². The van der Waals surface area contributed by atoms with E-state index in [4.69, 9.17) is 0 Å². The standard InChI is InChI=1S/C94H66/c1-59-29-47-69(48-30-59)93(70-49-31-60(2)32-50-70)85-27-15-13-17-73(85)75-55-45-67(57-87(75)93)63-37-41-65(42-38-63)89-77-19-5-9-23-81(77)91(82-24-10-6-20-78(82)89)92-83-25-11-7-21-79(83)90(80-22-8-12-26-84(80)92)66-43-39-64(40-44-66)68-46-56-76-74-18-14-16-28-86(74)94(88(76)58-68,71-51-33-61(3)34-52-71)72-53-35-62(4)36-54-72/h5-58H,1-4H3. The molecular formula is C94H66. The first kappa shape index (κ1) is 55.4. The fraction of sp³-hybridized carbons (Fsp3) is 0.0638. The van der Waals surface area contributed by atoms with Gasteiger partial charge in [0.1, 0.15) is 0 Å². The Balaban J connectivity index is 0.751. The summed E-state index contributed by atoms with van der Waals surface area (Å²) < 4.78 is 0. The van der Waals surface area contributed by atoms with Crippen molar-refractivity contribution in [1.82, 2.24) is 0 Å². The fourth-order valence-corrected chi connectivity index (χ4v) is 16.8. The zero-order chi connectivity index (χ0) is 62.8. The molecule has 0 heterocycles. The Morgan fingerprint density at radius 1 is 0.170 bits per heavy atom. The Kier molecular flexibility index (Phi) is 12.7. The normalized spacial score (nSPS) is 13.3. The average molecular weight is 1200 g/mol. The highest BCUT2D eigenvalue weighted by molar-refractivity contribution is 6.30. The first-order valence-corrected chi connectivity index (χ1v) is 33.1. The minimum Gasteiger partial charge on any atom is -0.0619 e. The topological polar surface area (TPSA) is 0 Å². The maximum atomic E-state index is 2.48. The molecule has 0 spiro atoms.